The molecule has 1 unspecified atom stereocenters. The van der Waals surface area contributed by atoms with E-state index in [-0.39, 0.29) is 13.0 Å². The van der Waals surface area contributed by atoms with Crippen LogP contribution >= 0.6 is 0 Å². The highest BCUT2D eigenvalue weighted by molar-refractivity contribution is 5.72. The third kappa shape index (κ3) is 16.1. The number of aliphatic hydroxyl groups excluding tert-OH is 2. The van der Waals surface area contributed by atoms with E-state index in [4.69, 9.17) is 9.84 Å². The number of carbonyl (C=O) groups excluding carboxylic acids is 1. The summed E-state index contributed by atoms with van der Waals surface area (Å²) in [6.45, 7) is 2.66. The van der Waals surface area contributed by atoms with Crippen molar-refractivity contribution in [2.75, 3.05) is 25.1 Å². The smallest absolute Gasteiger partial charge is 0.310 e. The molecule has 3 N–H and O–H groups in total. The lowest BCUT2D eigenvalue weighted by molar-refractivity contribution is -0.146. The van der Waals surface area contributed by atoms with Gasteiger partial charge in [-0.3, -0.25) is 4.79 Å². The fourth-order valence-corrected chi connectivity index (χ4v) is 3.75. The van der Waals surface area contributed by atoms with E-state index in [1.807, 2.05) is 24.3 Å². The Hall–Kier alpha value is -1.59. The largest absolute Gasteiger partial charge is 0.463 e. The van der Waals surface area contributed by atoms with Crippen molar-refractivity contribution in [3.8, 4) is 0 Å². The van der Waals surface area contributed by atoms with E-state index in [2.05, 4.69) is 12.2 Å². The molecule has 0 heterocycles. The molecule has 184 valence electrons. The van der Waals surface area contributed by atoms with Gasteiger partial charge in [0.2, 0.25) is 0 Å². The Balaban J connectivity index is 1.94. The van der Waals surface area contributed by atoms with E-state index in [1.54, 1.807) is 0 Å². The molecule has 5 nitrogen and oxygen atoms in total. The Kier molecular flexibility index (Phi) is 17.8. The monoisotopic (exact) mass is 449 g/mol. The van der Waals surface area contributed by atoms with Crippen LogP contribution in [-0.4, -0.2) is 42.0 Å². The Labute approximate surface area is 196 Å². The van der Waals surface area contributed by atoms with Gasteiger partial charge in [0.1, 0.15) is 12.7 Å². The first-order chi connectivity index (χ1) is 15.7. The molecule has 0 fully saturated rings. The topological polar surface area (TPSA) is 78.8 Å². The Morgan fingerprint density at radius 3 is 1.84 bits per heavy atom. The van der Waals surface area contributed by atoms with Gasteiger partial charge in [-0.15, -0.1) is 0 Å². The normalized spacial score (nSPS) is 12.0. The fraction of sp³-hybridized carbons (Fsp3) is 0.741. The molecular weight excluding hydrogens is 402 g/mol. The number of hydrogen-bond donors (Lipinski definition) is 3. The number of esters is 1. The molecule has 0 radical (unpaired) electrons. The second kappa shape index (κ2) is 20.0. The van der Waals surface area contributed by atoms with E-state index >= 15 is 0 Å². The van der Waals surface area contributed by atoms with Crippen LogP contribution in [0.5, 0.6) is 0 Å². The second-order valence-corrected chi connectivity index (χ2v) is 8.92. The SMILES string of the molecule is CCCCCCCCCCCCCCCCNc1ccc(CC(=O)OCC(O)CO)cc1. The molecule has 0 aliphatic rings. The van der Waals surface area contributed by atoms with Crippen LogP contribution in [-0.2, 0) is 16.0 Å². The van der Waals surface area contributed by atoms with Gasteiger partial charge in [-0.1, -0.05) is 103 Å². The van der Waals surface area contributed by atoms with Gasteiger partial charge < -0.3 is 20.3 Å². The summed E-state index contributed by atoms with van der Waals surface area (Å²) in [5.41, 5.74) is 1.93. The van der Waals surface area contributed by atoms with E-state index < -0.39 is 18.7 Å². The van der Waals surface area contributed by atoms with Crippen LogP contribution in [0.4, 0.5) is 5.69 Å². The van der Waals surface area contributed by atoms with Gasteiger partial charge in [0.25, 0.3) is 0 Å². The minimum Gasteiger partial charge on any atom is -0.463 e. The lowest BCUT2D eigenvalue weighted by Gasteiger charge is -2.09. The van der Waals surface area contributed by atoms with E-state index in [0.717, 1.165) is 17.8 Å². The summed E-state index contributed by atoms with van der Waals surface area (Å²) >= 11 is 0. The lowest BCUT2D eigenvalue weighted by Crippen LogP contribution is -2.22. The van der Waals surface area contributed by atoms with Crippen LogP contribution in [0.25, 0.3) is 0 Å². The molecule has 1 aromatic rings. The standard InChI is InChI=1S/C27H47NO4/c1-2-3-4-5-6-7-8-9-10-11-12-13-14-15-20-28-25-18-16-24(17-19-25)21-27(31)32-23-26(30)22-29/h16-19,26,28-30H,2-15,20-23H2,1H3. The second-order valence-electron chi connectivity index (χ2n) is 8.92. The molecule has 0 saturated carbocycles. The van der Waals surface area contributed by atoms with Crippen molar-refractivity contribution in [2.45, 2.75) is 109 Å². The summed E-state index contributed by atoms with van der Waals surface area (Å²) in [5, 5.41) is 21.4. The number of ether oxygens (including phenoxy) is 1. The summed E-state index contributed by atoms with van der Waals surface area (Å²) in [7, 11) is 0. The Bertz CT molecular complexity index is 561. The summed E-state index contributed by atoms with van der Waals surface area (Å²) in [5.74, 6) is -0.402. The van der Waals surface area contributed by atoms with Gasteiger partial charge >= 0.3 is 5.97 Å². The summed E-state index contributed by atoms with van der Waals surface area (Å²) in [6.07, 6.45) is 18.3. The van der Waals surface area contributed by atoms with E-state index in [1.165, 1.54) is 89.9 Å². The zero-order valence-corrected chi connectivity index (χ0v) is 20.3. The van der Waals surface area contributed by atoms with Gasteiger partial charge in [0.05, 0.1) is 13.0 Å². The van der Waals surface area contributed by atoms with Crippen LogP contribution < -0.4 is 5.32 Å². The van der Waals surface area contributed by atoms with E-state index in [0.29, 0.717) is 0 Å². The van der Waals surface area contributed by atoms with Crippen molar-refractivity contribution < 1.29 is 19.7 Å². The first kappa shape index (κ1) is 28.4. The number of unbranched alkanes of at least 4 members (excludes halogenated alkanes) is 13. The van der Waals surface area contributed by atoms with Gasteiger partial charge in [-0.2, -0.15) is 0 Å². The molecule has 0 amide bonds. The van der Waals surface area contributed by atoms with Crippen molar-refractivity contribution in [3.05, 3.63) is 29.8 Å². The average Bonchev–Trinajstić information content (AvgIpc) is 2.81. The minimum absolute atomic E-state index is 0.164. The van der Waals surface area contributed by atoms with Crippen LogP contribution in [0.3, 0.4) is 0 Å². The van der Waals surface area contributed by atoms with Gasteiger partial charge in [-0.25, -0.2) is 0 Å². The molecule has 1 aromatic carbocycles. The molecule has 0 aliphatic heterocycles. The fourth-order valence-electron chi connectivity index (χ4n) is 3.75. The first-order valence-electron chi connectivity index (χ1n) is 12.9. The summed E-state index contributed by atoms with van der Waals surface area (Å²) in [4.78, 5) is 11.7. The lowest BCUT2D eigenvalue weighted by atomic mass is 10.0. The van der Waals surface area contributed by atoms with Crippen molar-refractivity contribution in [1.29, 1.82) is 0 Å². The number of anilines is 1. The predicted octanol–water partition coefficient (Wildman–Crippen LogP) is 6.02. The third-order valence-corrected chi connectivity index (χ3v) is 5.81. The summed E-state index contributed by atoms with van der Waals surface area (Å²) in [6, 6.07) is 7.79. The highest BCUT2D eigenvalue weighted by Gasteiger charge is 2.08. The number of carbonyl (C=O) groups is 1. The number of aliphatic hydroxyl groups is 2. The maximum atomic E-state index is 11.7. The van der Waals surface area contributed by atoms with Crippen LogP contribution in [0.2, 0.25) is 0 Å². The molecule has 1 rings (SSSR count). The Morgan fingerprint density at radius 1 is 0.844 bits per heavy atom. The zero-order valence-electron chi connectivity index (χ0n) is 20.3. The Morgan fingerprint density at radius 2 is 1.34 bits per heavy atom. The van der Waals surface area contributed by atoms with E-state index in [9.17, 15) is 9.90 Å². The van der Waals surface area contributed by atoms with Gasteiger partial charge in [-0.05, 0) is 24.1 Å². The molecule has 0 spiro atoms. The minimum atomic E-state index is -1.01. The van der Waals surface area contributed by atoms with Crippen molar-refractivity contribution in [3.63, 3.8) is 0 Å². The van der Waals surface area contributed by atoms with Crippen molar-refractivity contribution in [2.24, 2.45) is 0 Å². The number of benzene rings is 1. The van der Waals surface area contributed by atoms with Gasteiger partial charge in [0.15, 0.2) is 0 Å². The third-order valence-electron chi connectivity index (χ3n) is 5.81. The van der Waals surface area contributed by atoms with Crippen LogP contribution in [0.1, 0.15) is 102 Å². The van der Waals surface area contributed by atoms with Crippen molar-refractivity contribution in [1.82, 2.24) is 0 Å². The summed E-state index contributed by atoms with van der Waals surface area (Å²) < 4.78 is 4.92. The molecule has 0 aromatic heterocycles. The molecule has 32 heavy (non-hydrogen) atoms. The first-order valence-corrected chi connectivity index (χ1v) is 12.9. The van der Waals surface area contributed by atoms with Gasteiger partial charge in [0, 0.05) is 12.2 Å². The quantitative estimate of drug-likeness (QED) is 0.158. The molecular formula is C27H47NO4. The predicted molar refractivity (Wildman–Crippen MR) is 133 cm³/mol. The molecule has 5 heteroatoms. The number of rotatable bonds is 21. The number of nitrogens with one attached hydrogen (secondary N) is 1. The number of hydrogen-bond acceptors (Lipinski definition) is 5. The zero-order chi connectivity index (χ0) is 23.3. The van der Waals surface area contributed by atoms with Crippen LogP contribution in [0, 0.1) is 0 Å². The molecule has 0 aliphatic carbocycles. The highest BCUT2D eigenvalue weighted by atomic mass is 16.5. The van der Waals surface area contributed by atoms with Crippen molar-refractivity contribution >= 4 is 11.7 Å². The van der Waals surface area contributed by atoms with Crippen LogP contribution in [0.15, 0.2) is 24.3 Å². The highest BCUT2D eigenvalue weighted by Crippen LogP contribution is 2.14. The average molecular weight is 450 g/mol. The molecule has 1 atom stereocenters. The maximum absolute atomic E-state index is 11.7. The molecule has 0 bridgehead atoms. The maximum Gasteiger partial charge on any atom is 0.310 e. The molecule has 0 saturated heterocycles.